The van der Waals surface area contributed by atoms with E-state index in [1.54, 1.807) is 12.1 Å². The van der Waals surface area contributed by atoms with E-state index >= 15 is 0 Å². The molecule has 2 aliphatic rings. The number of hydrogen-bond donors (Lipinski definition) is 1. The number of benzene rings is 5. The van der Waals surface area contributed by atoms with Gasteiger partial charge in [-0.2, -0.15) is 0 Å². The lowest BCUT2D eigenvalue weighted by Gasteiger charge is -2.42. The minimum Gasteiger partial charge on any atom is -0.352 e. The smallest absolute Gasteiger partial charge is 0.211 e. The largest absolute Gasteiger partial charge is 0.352 e. The minimum atomic E-state index is -0.208. The van der Waals surface area contributed by atoms with Crippen molar-refractivity contribution in [2.24, 2.45) is 0 Å². The van der Waals surface area contributed by atoms with Crippen molar-refractivity contribution >= 4 is 68.6 Å². The Kier molecular flexibility index (Phi) is 5.38. The van der Waals surface area contributed by atoms with Crippen LogP contribution >= 0.6 is 23.2 Å². The minimum absolute atomic E-state index is 0.0923. The van der Waals surface area contributed by atoms with Gasteiger partial charge in [0.2, 0.25) is 5.78 Å². The van der Waals surface area contributed by atoms with Gasteiger partial charge in [-0.05, 0) is 76.0 Å². The van der Waals surface area contributed by atoms with Gasteiger partial charge in [0.25, 0.3) is 0 Å². The fraction of sp³-hybridized carbons (Fsp3) is 0.0882. The number of nitrogens with zero attached hydrogens (tertiary/aromatic N) is 1. The van der Waals surface area contributed by atoms with Crippen molar-refractivity contribution in [3.05, 3.63) is 135 Å². The number of carbonyl (C=O) groups excluding carboxylic acids is 1. The molecule has 3 nitrogen and oxygen atoms in total. The number of rotatable bonds is 2. The summed E-state index contributed by atoms with van der Waals surface area (Å²) in [6, 6.07) is 33.3. The van der Waals surface area contributed by atoms with Crippen molar-refractivity contribution < 1.29 is 4.79 Å². The molecule has 39 heavy (non-hydrogen) atoms. The SMILES string of the molecule is CC1(C)c2ccccc2N(c2ccccc2)c2ccc3cc(/C=C4/Nc5cc(Cl)c(Cl)cc5C4=O)ccc3c21. The second-order valence-corrected chi connectivity index (χ2v) is 11.4. The average molecular weight is 547 g/mol. The van der Waals surface area contributed by atoms with Crippen LogP contribution in [0.4, 0.5) is 22.7 Å². The van der Waals surface area contributed by atoms with Crippen LogP contribution in [0.25, 0.3) is 16.8 Å². The summed E-state index contributed by atoms with van der Waals surface area (Å²) < 4.78 is 0. The molecule has 5 aromatic rings. The fourth-order valence-electron chi connectivity index (χ4n) is 6.04. The normalized spacial score (nSPS) is 16.2. The number of hydrogen-bond acceptors (Lipinski definition) is 3. The molecular formula is C34H24Cl2N2O. The predicted octanol–water partition coefficient (Wildman–Crippen LogP) is 9.90. The standard InChI is InChI=1S/C34H24Cl2N2O/c1-34(2)25-10-6-7-11-30(25)38(22-8-4-3-5-9-22)31-15-13-21-16-20(12-14-23(21)32(31)34)17-29-33(39)24-18-26(35)27(36)19-28(24)37-29/h3-19,37H,1-2H3/b29-17+. The first-order chi connectivity index (χ1) is 18.8. The van der Waals surface area contributed by atoms with Gasteiger partial charge < -0.3 is 10.2 Å². The van der Waals surface area contributed by atoms with Crippen LogP contribution in [-0.2, 0) is 5.41 Å². The summed E-state index contributed by atoms with van der Waals surface area (Å²) in [5, 5.41) is 6.32. The van der Waals surface area contributed by atoms with Crippen LogP contribution in [-0.4, -0.2) is 5.78 Å². The summed E-state index contributed by atoms with van der Waals surface area (Å²) in [5.41, 5.74) is 8.54. The van der Waals surface area contributed by atoms with E-state index in [1.165, 1.54) is 27.9 Å². The van der Waals surface area contributed by atoms with Gasteiger partial charge in [0.05, 0.1) is 32.8 Å². The van der Waals surface area contributed by atoms with E-state index in [0.29, 0.717) is 27.0 Å². The molecular weight excluding hydrogens is 523 g/mol. The number of halogens is 2. The Balaban J connectivity index is 1.37. The van der Waals surface area contributed by atoms with E-state index < -0.39 is 0 Å². The molecule has 5 aromatic carbocycles. The molecule has 0 radical (unpaired) electrons. The molecule has 0 saturated carbocycles. The van der Waals surface area contributed by atoms with Gasteiger partial charge in [0.1, 0.15) is 0 Å². The van der Waals surface area contributed by atoms with Crippen LogP contribution in [0.3, 0.4) is 0 Å². The molecule has 5 heteroatoms. The Labute approximate surface area is 237 Å². The maximum absolute atomic E-state index is 13.1. The second kappa shape index (κ2) is 8.74. The number of carbonyl (C=O) groups is 1. The van der Waals surface area contributed by atoms with E-state index in [4.69, 9.17) is 23.2 Å². The van der Waals surface area contributed by atoms with E-state index in [2.05, 4.69) is 103 Å². The van der Waals surface area contributed by atoms with Crippen molar-refractivity contribution in [3.63, 3.8) is 0 Å². The Morgan fingerprint density at radius 2 is 1.54 bits per heavy atom. The van der Waals surface area contributed by atoms with Crippen molar-refractivity contribution in [1.82, 2.24) is 0 Å². The molecule has 0 amide bonds. The lowest BCUT2D eigenvalue weighted by molar-refractivity contribution is 0.104. The molecule has 0 spiro atoms. The summed E-state index contributed by atoms with van der Waals surface area (Å²) in [4.78, 5) is 15.4. The molecule has 2 heterocycles. The lowest BCUT2D eigenvalue weighted by Crippen LogP contribution is -2.30. The number of Topliss-reactive ketones (excluding diaryl/α,β-unsaturated/α-hetero) is 1. The molecule has 0 unspecified atom stereocenters. The molecule has 0 bridgehead atoms. The van der Waals surface area contributed by atoms with Crippen molar-refractivity contribution in [1.29, 1.82) is 0 Å². The zero-order chi connectivity index (χ0) is 26.9. The van der Waals surface area contributed by atoms with Crippen molar-refractivity contribution in [2.45, 2.75) is 19.3 Å². The number of fused-ring (bicyclic) bond motifs is 5. The third-order valence-electron chi connectivity index (χ3n) is 7.85. The van der Waals surface area contributed by atoms with E-state index in [1.807, 2.05) is 12.1 Å². The summed E-state index contributed by atoms with van der Waals surface area (Å²) in [7, 11) is 0. The Bertz CT molecular complexity index is 1860. The highest BCUT2D eigenvalue weighted by molar-refractivity contribution is 6.43. The number of para-hydroxylation sites is 2. The maximum Gasteiger partial charge on any atom is 0.211 e. The zero-order valence-corrected chi connectivity index (χ0v) is 22.9. The summed E-state index contributed by atoms with van der Waals surface area (Å²) in [6.45, 7) is 4.61. The van der Waals surface area contributed by atoms with E-state index in [-0.39, 0.29) is 11.2 Å². The zero-order valence-electron chi connectivity index (χ0n) is 21.4. The molecule has 0 atom stereocenters. The Morgan fingerprint density at radius 3 is 2.36 bits per heavy atom. The fourth-order valence-corrected chi connectivity index (χ4v) is 6.37. The van der Waals surface area contributed by atoms with Gasteiger partial charge in [0, 0.05) is 16.7 Å². The summed E-state index contributed by atoms with van der Waals surface area (Å²) in [6.07, 6.45) is 1.89. The van der Waals surface area contributed by atoms with Gasteiger partial charge in [-0.15, -0.1) is 0 Å². The van der Waals surface area contributed by atoms with Crippen LogP contribution in [0.5, 0.6) is 0 Å². The Morgan fingerprint density at radius 1 is 0.795 bits per heavy atom. The summed E-state index contributed by atoms with van der Waals surface area (Å²) >= 11 is 12.3. The summed E-state index contributed by atoms with van der Waals surface area (Å²) in [5.74, 6) is -0.0923. The molecule has 7 rings (SSSR count). The van der Waals surface area contributed by atoms with Gasteiger partial charge in [-0.1, -0.05) is 91.6 Å². The van der Waals surface area contributed by atoms with E-state index in [0.717, 1.165) is 16.6 Å². The third-order valence-corrected chi connectivity index (χ3v) is 8.57. The molecule has 0 aliphatic carbocycles. The first-order valence-electron chi connectivity index (χ1n) is 12.9. The second-order valence-electron chi connectivity index (χ2n) is 10.6. The van der Waals surface area contributed by atoms with Gasteiger partial charge in [0.15, 0.2) is 0 Å². The average Bonchev–Trinajstić information content (AvgIpc) is 3.22. The number of allylic oxidation sites excluding steroid dienone is 1. The first-order valence-corrected chi connectivity index (χ1v) is 13.6. The topological polar surface area (TPSA) is 32.3 Å². The highest BCUT2D eigenvalue weighted by Gasteiger charge is 2.38. The van der Waals surface area contributed by atoms with Crippen molar-refractivity contribution in [2.75, 3.05) is 10.2 Å². The van der Waals surface area contributed by atoms with Gasteiger partial charge in [-0.3, -0.25) is 4.79 Å². The lowest BCUT2D eigenvalue weighted by atomic mass is 9.71. The molecule has 2 aliphatic heterocycles. The van der Waals surface area contributed by atoms with Crippen LogP contribution < -0.4 is 10.2 Å². The monoisotopic (exact) mass is 546 g/mol. The quantitative estimate of drug-likeness (QED) is 0.223. The highest BCUT2D eigenvalue weighted by Crippen LogP contribution is 2.53. The molecule has 0 saturated heterocycles. The first kappa shape index (κ1) is 24.0. The van der Waals surface area contributed by atoms with E-state index in [9.17, 15) is 4.79 Å². The molecule has 1 N–H and O–H groups in total. The molecule has 0 aromatic heterocycles. The van der Waals surface area contributed by atoms with Crippen LogP contribution in [0.15, 0.2) is 103 Å². The predicted molar refractivity (Wildman–Crippen MR) is 163 cm³/mol. The number of nitrogens with one attached hydrogen (secondary N) is 1. The maximum atomic E-state index is 13.1. The van der Waals surface area contributed by atoms with Crippen molar-refractivity contribution in [3.8, 4) is 0 Å². The van der Waals surface area contributed by atoms with Crippen LogP contribution in [0.2, 0.25) is 10.0 Å². The van der Waals surface area contributed by atoms with Crippen LogP contribution in [0, 0.1) is 0 Å². The molecule has 190 valence electrons. The molecule has 0 fully saturated rings. The number of anilines is 4. The number of ketones is 1. The highest BCUT2D eigenvalue weighted by atomic mass is 35.5. The Hall–Kier alpha value is -4.05. The van der Waals surface area contributed by atoms with Gasteiger partial charge >= 0.3 is 0 Å². The third kappa shape index (κ3) is 3.69. The van der Waals surface area contributed by atoms with Gasteiger partial charge in [-0.25, -0.2) is 0 Å². The van der Waals surface area contributed by atoms with Crippen LogP contribution in [0.1, 0.15) is 40.9 Å².